The number of aromatic amines is 1. The minimum atomic E-state index is -4.22. The Morgan fingerprint density at radius 1 is 1.28 bits per heavy atom. The summed E-state index contributed by atoms with van der Waals surface area (Å²) < 4.78 is 37.3. The van der Waals surface area contributed by atoms with Crippen LogP contribution in [-0.2, 0) is 15.6 Å². The third-order valence-electron chi connectivity index (χ3n) is 4.55. The highest BCUT2D eigenvalue weighted by Crippen LogP contribution is 2.40. The van der Waals surface area contributed by atoms with Crippen molar-refractivity contribution in [2.45, 2.75) is 6.54 Å². The van der Waals surface area contributed by atoms with Crippen molar-refractivity contribution in [3.8, 4) is 5.88 Å². The molecule has 0 amide bonds. The molecule has 0 saturated carbocycles. The summed E-state index contributed by atoms with van der Waals surface area (Å²) in [5, 5.41) is 0.193. The van der Waals surface area contributed by atoms with Crippen molar-refractivity contribution in [1.29, 1.82) is 0 Å². The van der Waals surface area contributed by atoms with Crippen LogP contribution in [0.5, 0.6) is 5.88 Å². The van der Waals surface area contributed by atoms with Crippen LogP contribution in [0.15, 0.2) is 41.3 Å². The molecule has 4 rings (SSSR count). The SMILES string of the molecule is COc1ccc2c(ncc3[nH]c(=O)n(Cc4ccc(P(=O)(O)OC)c(F)c4)c32)n1. The van der Waals surface area contributed by atoms with Gasteiger partial charge in [-0.2, -0.15) is 4.98 Å². The number of fused-ring (bicyclic) bond motifs is 3. The number of ether oxygens (including phenoxy) is 1. The van der Waals surface area contributed by atoms with E-state index in [-0.39, 0.29) is 6.54 Å². The number of aromatic nitrogens is 4. The molecule has 1 atom stereocenters. The number of pyridine rings is 2. The zero-order valence-corrected chi connectivity index (χ0v) is 16.3. The fourth-order valence-electron chi connectivity index (χ4n) is 3.14. The van der Waals surface area contributed by atoms with E-state index in [2.05, 4.69) is 19.5 Å². The van der Waals surface area contributed by atoms with Gasteiger partial charge in [0.15, 0.2) is 5.65 Å². The fraction of sp³-hybridized carbons (Fsp3) is 0.167. The molecule has 3 aromatic heterocycles. The van der Waals surface area contributed by atoms with Gasteiger partial charge in [-0.3, -0.25) is 9.13 Å². The third-order valence-corrected chi connectivity index (χ3v) is 6.01. The summed E-state index contributed by atoms with van der Waals surface area (Å²) in [6.07, 6.45) is 1.49. The van der Waals surface area contributed by atoms with Gasteiger partial charge in [-0.1, -0.05) is 6.07 Å². The van der Waals surface area contributed by atoms with Crippen molar-refractivity contribution in [3.63, 3.8) is 0 Å². The number of nitrogens with zero attached hydrogens (tertiary/aromatic N) is 3. The average molecular weight is 418 g/mol. The Balaban J connectivity index is 1.83. The molecule has 0 spiro atoms. The largest absolute Gasteiger partial charge is 0.481 e. The van der Waals surface area contributed by atoms with Crippen molar-refractivity contribution >= 4 is 35.0 Å². The highest BCUT2D eigenvalue weighted by Gasteiger charge is 2.25. The molecule has 0 bridgehead atoms. The predicted molar refractivity (Wildman–Crippen MR) is 104 cm³/mol. The lowest BCUT2D eigenvalue weighted by Gasteiger charge is -2.11. The zero-order chi connectivity index (χ0) is 20.8. The first-order chi connectivity index (χ1) is 13.8. The molecule has 0 radical (unpaired) electrons. The monoisotopic (exact) mass is 418 g/mol. The van der Waals surface area contributed by atoms with Gasteiger partial charge in [-0.25, -0.2) is 14.2 Å². The van der Waals surface area contributed by atoms with Gasteiger partial charge in [0.25, 0.3) is 0 Å². The minimum Gasteiger partial charge on any atom is -0.481 e. The van der Waals surface area contributed by atoms with Crippen LogP contribution in [-0.4, -0.2) is 38.6 Å². The van der Waals surface area contributed by atoms with E-state index >= 15 is 0 Å². The minimum absolute atomic E-state index is 0.0316. The number of benzene rings is 1. The van der Waals surface area contributed by atoms with Gasteiger partial charge in [0, 0.05) is 18.6 Å². The van der Waals surface area contributed by atoms with Crippen LogP contribution in [0.3, 0.4) is 0 Å². The average Bonchev–Trinajstić information content (AvgIpc) is 3.03. The van der Waals surface area contributed by atoms with Crippen LogP contribution in [0.4, 0.5) is 4.39 Å². The molecule has 1 aromatic carbocycles. The Bertz CT molecular complexity index is 1350. The highest BCUT2D eigenvalue weighted by molar-refractivity contribution is 7.61. The number of H-pyrrole nitrogens is 1. The molecule has 0 aliphatic rings. The summed E-state index contributed by atoms with van der Waals surface area (Å²) in [6, 6.07) is 7.15. The lowest BCUT2D eigenvalue weighted by molar-refractivity contribution is 0.327. The number of hydrogen-bond donors (Lipinski definition) is 2. The second-order valence-corrected chi connectivity index (χ2v) is 8.14. The summed E-state index contributed by atoms with van der Waals surface area (Å²) in [6.45, 7) is 0.0316. The van der Waals surface area contributed by atoms with Gasteiger partial charge in [0.05, 0.1) is 36.2 Å². The summed E-state index contributed by atoms with van der Waals surface area (Å²) in [5.74, 6) is -0.501. The van der Waals surface area contributed by atoms with E-state index in [0.717, 1.165) is 13.2 Å². The van der Waals surface area contributed by atoms with E-state index in [4.69, 9.17) is 4.74 Å². The van der Waals surface area contributed by atoms with E-state index in [1.54, 1.807) is 12.1 Å². The molecule has 0 aliphatic heterocycles. The van der Waals surface area contributed by atoms with Crippen molar-refractivity contribution in [2.75, 3.05) is 14.2 Å². The number of nitrogens with one attached hydrogen (secondary N) is 1. The Morgan fingerprint density at radius 2 is 2.07 bits per heavy atom. The van der Waals surface area contributed by atoms with Crippen LogP contribution < -0.4 is 15.7 Å². The molecule has 0 aliphatic carbocycles. The first kappa shape index (κ1) is 19.3. The van der Waals surface area contributed by atoms with Gasteiger partial charge in [0.1, 0.15) is 5.82 Å². The summed E-state index contributed by atoms with van der Waals surface area (Å²) >= 11 is 0. The van der Waals surface area contributed by atoms with E-state index in [9.17, 15) is 18.6 Å². The third kappa shape index (κ3) is 3.31. The van der Waals surface area contributed by atoms with Crippen LogP contribution >= 0.6 is 7.60 Å². The van der Waals surface area contributed by atoms with E-state index in [0.29, 0.717) is 33.5 Å². The Labute approximate surface area is 163 Å². The summed E-state index contributed by atoms with van der Waals surface area (Å²) in [7, 11) is -1.70. The summed E-state index contributed by atoms with van der Waals surface area (Å²) in [5.41, 5.74) is 1.48. The molecule has 1 unspecified atom stereocenters. The van der Waals surface area contributed by atoms with Gasteiger partial charge in [-0.05, 0) is 23.8 Å². The maximum Gasteiger partial charge on any atom is 0.361 e. The van der Waals surface area contributed by atoms with E-state index in [1.165, 1.54) is 30.0 Å². The van der Waals surface area contributed by atoms with Crippen LogP contribution in [0.25, 0.3) is 22.1 Å². The molecular weight excluding hydrogens is 402 g/mol. The Morgan fingerprint density at radius 3 is 2.76 bits per heavy atom. The zero-order valence-electron chi connectivity index (χ0n) is 15.4. The second kappa shape index (κ2) is 7.07. The topological polar surface area (TPSA) is 119 Å². The van der Waals surface area contributed by atoms with Crippen molar-refractivity contribution in [1.82, 2.24) is 19.5 Å². The number of halogens is 1. The molecule has 150 valence electrons. The number of hydrogen-bond acceptors (Lipinski definition) is 6. The number of methoxy groups -OCH3 is 1. The van der Waals surface area contributed by atoms with Crippen LogP contribution in [0.2, 0.25) is 0 Å². The first-order valence-electron chi connectivity index (χ1n) is 8.44. The Kier molecular flexibility index (Phi) is 4.70. The molecule has 0 fully saturated rings. The first-order valence-corrected chi connectivity index (χ1v) is 10.0. The lowest BCUT2D eigenvalue weighted by atomic mass is 10.2. The number of rotatable bonds is 5. The molecular formula is C18H16FN4O5P. The highest BCUT2D eigenvalue weighted by atomic mass is 31.2. The molecule has 3 heterocycles. The Hall–Kier alpha value is -3.07. The smallest absolute Gasteiger partial charge is 0.361 e. The molecule has 9 nitrogen and oxygen atoms in total. The van der Waals surface area contributed by atoms with Gasteiger partial charge in [0.2, 0.25) is 5.88 Å². The maximum absolute atomic E-state index is 14.4. The molecule has 11 heteroatoms. The van der Waals surface area contributed by atoms with Gasteiger partial charge in [-0.15, -0.1) is 0 Å². The van der Waals surface area contributed by atoms with Crippen LogP contribution in [0.1, 0.15) is 5.56 Å². The lowest BCUT2D eigenvalue weighted by Crippen LogP contribution is -2.18. The molecule has 29 heavy (non-hydrogen) atoms. The van der Waals surface area contributed by atoms with Gasteiger partial charge >= 0.3 is 13.3 Å². The fourth-order valence-corrected chi connectivity index (χ4v) is 3.93. The standard InChI is InChI=1S/C18H16FN4O5P/c1-27-15-6-4-11-16-13(8-20-17(11)22-15)21-18(24)23(16)9-10-3-5-14(12(19)7-10)29(25,26)28-2/h3-8H,9H2,1-2H3,(H,21,24)(H,25,26). The molecule has 2 N–H and O–H groups in total. The maximum atomic E-state index is 14.4. The van der Waals surface area contributed by atoms with E-state index in [1.807, 2.05) is 0 Å². The quantitative estimate of drug-likeness (QED) is 0.475. The van der Waals surface area contributed by atoms with Crippen molar-refractivity contribution in [3.05, 3.63) is 58.4 Å². The second-order valence-electron chi connectivity index (χ2n) is 6.25. The predicted octanol–water partition coefficient (Wildman–Crippen LogP) is 1.93. The molecule has 4 aromatic rings. The summed E-state index contributed by atoms with van der Waals surface area (Å²) in [4.78, 5) is 33.4. The van der Waals surface area contributed by atoms with Crippen LogP contribution in [0, 0.1) is 5.82 Å². The van der Waals surface area contributed by atoms with E-state index < -0.39 is 24.4 Å². The number of imidazole rings is 1. The van der Waals surface area contributed by atoms with Crippen molar-refractivity contribution < 1.29 is 23.1 Å². The van der Waals surface area contributed by atoms with Crippen molar-refractivity contribution in [2.24, 2.45) is 0 Å². The normalized spacial score (nSPS) is 13.7. The van der Waals surface area contributed by atoms with Gasteiger partial charge < -0.3 is 19.1 Å². The molecule has 0 saturated heterocycles.